The lowest BCUT2D eigenvalue weighted by Crippen LogP contribution is -2.52. The van der Waals surface area contributed by atoms with Gasteiger partial charge in [0, 0.05) is 6.08 Å². The zero-order valence-electron chi connectivity index (χ0n) is 16.2. The molecule has 1 N–H and O–H groups in total. The number of esters is 1. The van der Waals surface area contributed by atoms with Crippen LogP contribution in [0, 0.1) is 34.5 Å². The van der Waals surface area contributed by atoms with E-state index in [1.54, 1.807) is 11.6 Å². The van der Waals surface area contributed by atoms with Crippen molar-refractivity contribution in [3.8, 4) is 0 Å². The molecule has 7 atom stereocenters. The molecule has 0 aromatic rings. The Morgan fingerprint density at radius 2 is 2.00 bits per heavy atom. The lowest BCUT2D eigenvalue weighted by molar-refractivity contribution is -0.135. The van der Waals surface area contributed by atoms with Crippen LogP contribution in [0.3, 0.4) is 0 Å². The number of ether oxygens (including phenoxy) is 1. The lowest BCUT2D eigenvalue weighted by Gasteiger charge is -2.59. The van der Waals surface area contributed by atoms with Crippen LogP contribution >= 0.6 is 0 Å². The molecule has 0 saturated heterocycles. The zero-order valence-corrected chi connectivity index (χ0v) is 16.2. The quantitative estimate of drug-likeness (QED) is 0.559. The van der Waals surface area contributed by atoms with Gasteiger partial charge in [0.05, 0.1) is 6.10 Å². The van der Waals surface area contributed by atoms with E-state index in [-0.39, 0.29) is 17.5 Å². The van der Waals surface area contributed by atoms with Gasteiger partial charge < -0.3 is 9.84 Å². The number of hydrogen-bond donors (Lipinski definition) is 1. The van der Waals surface area contributed by atoms with Gasteiger partial charge in [-0.1, -0.05) is 25.5 Å². The van der Waals surface area contributed by atoms with Crippen molar-refractivity contribution in [2.45, 2.75) is 71.3 Å². The Morgan fingerprint density at radius 1 is 1.15 bits per heavy atom. The van der Waals surface area contributed by atoms with Gasteiger partial charge in [-0.3, -0.25) is 0 Å². The van der Waals surface area contributed by atoms with Crippen LogP contribution in [0.4, 0.5) is 0 Å². The summed E-state index contributed by atoms with van der Waals surface area (Å²) in [6, 6.07) is 0. The van der Waals surface area contributed by atoms with E-state index in [4.69, 9.17) is 4.74 Å². The molecule has 1 aliphatic heterocycles. The van der Waals surface area contributed by atoms with E-state index in [0.29, 0.717) is 29.8 Å². The second kappa shape index (κ2) is 5.70. The highest BCUT2D eigenvalue weighted by molar-refractivity contribution is 5.85. The summed E-state index contributed by atoms with van der Waals surface area (Å²) < 4.78 is 5.23. The van der Waals surface area contributed by atoms with Gasteiger partial charge in [0.25, 0.3) is 0 Å². The molecule has 0 aromatic heterocycles. The average molecular weight is 357 g/mol. The van der Waals surface area contributed by atoms with Gasteiger partial charge in [-0.2, -0.15) is 0 Å². The van der Waals surface area contributed by atoms with Gasteiger partial charge in [-0.05, 0) is 91.4 Å². The van der Waals surface area contributed by atoms with Crippen molar-refractivity contribution in [2.75, 3.05) is 6.61 Å². The fourth-order valence-corrected chi connectivity index (χ4v) is 7.72. The molecule has 142 valence electrons. The fraction of sp³-hybridized carbons (Fsp3) is 0.783. The normalized spacial score (nSPS) is 50.3. The van der Waals surface area contributed by atoms with Crippen molar-refractivity contribution in [1.29, 1.82) is 0 Å². The zero-order chi connectivity index (χ0) is 18.1. The second-order valence-corrected chi connectivity index (χ2v) is 10.2. The number of carbonyl (C=O) groups excluding carboxylic acids is 1. The molecule has 1 heterocycles. The van der Waals surface area contributed by atoms with Gasteiger partial charge >= 0.3 is 5.97 Å². The monoisotopic (exact) mass is 356 g/mol. The van der Waals surface area contributed by atoms with E-state index in [1.165, 1.54) is 37.7 Å². The minimum Gasteiger partial charge on any atom is -0.458 e. The molecule has 0 spiro atoms. The van der Waals surface area contributed by atoms with Crippen molar-refractivity contribution in [3.63, 3.8) is 0 Å². The third-order valence-corrected chi connectivity index (χ3v) is 9.17. The number of cyclic esters (lactones) is 1. The molecule has 26 heavy (non-hydrogen) atoms. The maximum absolute atomic E-state index is 11.6. The molecule has 0 amide bonds. The summed E-state index contributed by atoms with van der Waals surface area (Å²) in [7, 11) is 0. The van der Waals surface area contributed by atoms with Gasteiger partial charge in [-0.25, -0.2) is 4.79 Å². The summed E-state index contributed by atoms with van der Waals surface area (Å²) in [6.07, 6.45) is 13.6. The number of rotatable bonds is 1. The van der Waals surface area contributed by atoms with Crippen LogP contribution in [0.5, 0.6) is 0 Å². The van der Waals surface area contributed by atoms with Crippen molar-refractivity contribution in [1.82, 2.24) is 0 Å². The second-order valence-electron chi connectivity index (χ2n) is 10.2. The molecule has 3 nitrogen and oxygen atoms in total. The van der Waals surface area contributed by atoms with Crippen molar-refractivity contribution in [3.05, 3.63) is 23.3 Å². The van der Waals surface area contributed by atoms with Crippen LogP contribution in [-0.4, -0.2) is 23.8 Å². The van der Waals surface area contributed by atoms with Crippen LogP contribution < -0.4 is 0 Å². The molecule has 3 saturated carbocycles. The molecule has 0 aromatic carbocycles. The summed E-state index contributed by atoms with van der Waals surface area (Å²) in [6.45, 7) is 5.49. The molecule has 7 unspecified atom stereocenters. The molecular weight excluding hydrogens is 324 g/mol. The molecule has 0 bridgehead atoms. The first kappa shape index (κ1) is 17.0. The van der Waals surface area contributed by atoms with Gasteiger partial charge in [0.2, 0.25) is 0 Å². The summed E-state index contributed by atoms with van der Waals surface area (Å²) >= 11 is 0. The number of hydrogen-bond acceptors (Lipinski definition) is 3. The molecule has 5 rings (SSSR count). The Balaban J connectivity index is 1.43. The maximum Gasteiger partial charge on any atom is 0.331 e. The highest BCUT2D eigenvalue weighted by Crippen LogP contribution is 2.66. The lowest BCUT2D eigenvalue weighted by atomic mass is 9.45. The largest absolute Gasteiger partial charge is 0.458 e. The smallest absolute Gasteiger partial charge is 0.331 e. The van der Waals surface area contributed by atoms with Gasteiger partial charge in [0.1, 0.15) is 6.61 Å². The predicted octanol–water partition coefficient (Wildman–Crippen LogP) is 4.41. The minimum absolute atomic E-state index is 0.0691. The SMILES string of the molecule is CC12CCC3C(CCC4CC(O)CCC43C)C1=CCC2C1=CC(=O)OC1. The van der Waals surface area contributed by atoms with Crippen molar-refractivity contribution >= 4 is 5.97 Å². The summed E-state index contributed by atoms with van der Waals surface area (Å²) in [4.78, 5) is 11.6. The molecule has 4 aliphatic carbocycles. The van der Waals surface area contributed by atoms with E-state index in [0.717, 1.165) is 25.2 Å². The van der Waals surface area contributed by atoms with Crippen LogP contribution in [0.2, 0.25) is 0 Å². The van der Waals surface area contributed by atoms with E-state index in [2.05, 4.69) is 19.9 Å². The molecule has 3 heteroatoms. The highest BCUT2D eigenvalue weighted by atomic mass is 16.5. The fourth-order valence-electron chi connectivity index (χ4n) is 7.72. The van der Waals surface area contributed by atoms with Crippen LogP contribution in [0.1, 0.15) is 65.2 Å². The Labute approximate surface area is 156 Å². The number of allylic oxidation sites excluding steroid dienone is 2. The minimum atomic E-state index is -0.153. The number of aliphatic hydroxyl groups excluding tert-OH is 1. The summed E-state index contributed by atoms with van der Waals surface area (Å²) in [5.41, 5.74) is 3.56. The Bertz CT molecular complexity index is 692. The standard InChI is InChI=1S/C23H32O3/c1-22-9-7-16(24)12-15(22)3-4-17-19-6-5-18(14-11-21(25)26-13-14)23(19,2)10-8-20(17)22/h6,11,15-18,20,24H,3-5,7-10,12-13H2,1-2H3. The van der Waals surface area contributed by atoms with Crippen LogP contribution in [0.25, 0.3) is 0 Å². The highest BCUT2D eigenvalue weighted by Gasteiger charge is 2.58. The average Bonchev–Trinajstić information content (AvgIpc) is 3.18. The van der Waals surface area contributed by atoms with E-state index in [9.17, 15) is 9.90 Å². The first-order chi connectivity index (χ1) is 12.4. The number of carbonyl (C=O) groups is 1. The van der Waals surface area contributed by atoms with Crippen LogP contribution in [0.15, 0.2) is 23.3 Å². The summed E-state index contributed by atoms with van der Waals surface area (Å²) in [5, 5.41) is 10.2. The maximum atomic E-state index is 11.6. The third-order valence-electron chi connectivity index (χ3n) is 9.17. The molecule has 3 fully saturated rings. The number of fused-ring (bicyclic) bond motifs is 5. The molecule has 5 aliphatic rings. The Kier molecular flexibility index (Phi) is 3.74. The van der Waals surface area contributed by atoms with Crippen molar-refractivity contribution in [2.24, 2.45) is 34.5 Å². The first-order valence-corrected chi connectivity index (χ1v) is 10.7. The molecular formula is C23H32O3. The van der Waals surface area contributed by atoms with E-state index in [1.807, 2.05) is 0 Å². The summed E-state index contributed by atoms with van der Waals surface area (Å²) in [5.74, 6) is 2.51. The van der Waals surface area contributed by atoms with Crippen LogP contribution in [-0.2, 0) is 9.53 Å². The Hall–Kier alpha value is -1.09. The van der Waals surface area contributed by atoms with E-state index < -0.39 is 0 Å². The molecule has 0 radical (unpaired) electrons. The topological polar surface area (TPSA) is 46.5 Å². The van der Waals surface area contributed by atoms with Gasteiger partial charge in [0.15, 0.2) is 0 Å². The van der Waals surface area contributed by atoms with E-state index >= 15 is 0 Å². The number of aliphatic hydroxyl groups is 1. The first-order valence-electron chi connectivity index (χ1n) is 10.7. The third kappa shape index (κ3) is 2.25. The van der Waals surface area contributed by atoms with Crippen molar-refractivity contribution < 1.29 is 14.6 Å². The van der Waals surface area contributed by atoms with Gasteiger partial charge in [-0.15, -0.1) is 0 Å². The Morgan fingerprint density at radius 3 is 2.77 bits per heavy atom. The predicted molar refractivity (Wildman–Crippen MR) is 100 cm³/mol.